The summed E-state index contributed by atoms with van der Waals surface area (Å²) in [5.74, 6) is 0.363. The highest BCUT2D eigenvalue weighted by molar-refractivity contribution is 7.89. The van der Waals surface area contributed by atoms with Crippen LogP contribution in [-0.4, -0.2) is 38.0 Å². The predicted molar refractivity (Wildman–Crippen MR) is 76.9 cm³/mol. The van der Waals surface area contributed by atoms with Crippen LogP contribution in [0.1, 0.15) is 12.8 Å². The fraction of sp³-hybridized carbons (Fsp3) is 0.462. The van der Waals surface area contributed by atoms with Crippen molar-refractivity contribution in [1.29, 1.82) is 0 Å². The molecule has 1 aliphatic heterocycles. The first-order valence-electron chi connectivity index (χ1n) is 6.79. The molecule has 0 spiro atoms. The second-order valence-electron chi connectivity index (χ2n) is 5.12. The number of sulfonamides is 1. The molecule has 1 fully saturated rings. The zero-order valence-electron chi connectivity index (χ0n) is 11.1. The van der Waals surface area contributed by atoms with E-state index in [1.807, 2.05) is 0 Å². The van der Waals surface area contributed by atoms with Crippen molar-refractivity contribution in [3.8, 4) is 0 Å². The highest BCUT2D eigenvalue weighted by Crippen LogP contribution is 2.20. The van der Waals surface area contributed by atoms with Gasteiger partial charge in [0.1, 0.15) is 10.5 Å². The van der Waals surface area contributed by atoms with Gasteiger partial charge in [-0.05, 0) is 44.0 Å². The Morgan fingerprint density at radius 2 is 2.35 bits per heavy atom. The molecule has 0 bridgehead atoms. The van der Waals surface area contributed by atoms with E-state index in [1.54, 1.807) is 18.3 Å². The molecule has 0 aliphatic carbocycles. The van der Waals surface area contributed by atoms with Gasteiger partial charge in [-0.1, -0.05) is 0 Å². The first-order valence-corrected chi connectivity index (χ1v) is 8.27. The molecular weight excluding hydrogens is 276 g/mol. The number of rotatable bonds is 4. The summed E-state index contributed by atoms with van der Waals surface area (Å²) in [6.07, 6.45) is 5.30. The summed E-state index contributed by atoms with van der Waals surface area (Å²) in [4.78, 5) is 7.27. The van der Waals surface area contributed by atoms with Crippen LogP contribution in [-0.2, 0) is 10.0 Å². The third-order valence-electron chi connectivity index (χ3n) is 3.66. The molecule has 20 heavy (non-hydrogen) atoms. The summed E-state index contributed by atoms with van der Waals surface area (Å²) < 4.78 is 27.4. The zero-order chi connectivity index (χ0) is 14.0. The van der Waals surface area contributed by atoms with Gasteiger partial charge in [0.15, 0.2) is 0 Å². The number of fused-ring (bicyclic) bond motifs is 1. The Morgan fingerprint density at radius 3 is 3.15 bits per heavy atom. The van der Waals surface area contributed by atoms with Crippen LogP contribution in [0.4, 0.5) is 0 Å². The van der Waals surface area contributed by atoms with Crippen molar-refractivity contribution < 1.29 is 8.42 Å². The van der Waals surface area contributed by atoms with Crippen LogP contribution in [0.5, 0.6) is 0 Å². The normalized spacial score (nSPS) is 20.3. The predicted octanol–water partition coefficient (Wildman–Crippen LogP) is 0.841. The molecule has 2 aromatic heterocycles. The zero-order valence-corrected chi connectivity index (χ0v) is 11.9. The number of hydrogen-bond donors (Lipinski definition) is 3. The van der Waals surface area contributed by atoms with Gasteiger partial charge in [-0.15, -0.1) is 0 Å². The Morgan fingerprint density at radius 1 is 1.45 bits per heavy atom. The molecule has 0 amide bonds. The number of aromatic nitrogens is 2. The van der Waals surface area contributed by atoms with E-state index >= 15 is 0 Å². The van der Waals surface area contributed by atoms with Crippen molar-refractivity contribution in [2.24, 2.45) is 5.92 Å². The molecule has 3 rings (SSSR count). The SMILES string of the molecule is O=S(=O)(NCC1CCCNC1)c1c[nH]c2ncccc12. The van der Waals surface area contributed by atoms with Crippen molar-refractivity contribution in [1.82, 2.24) is 20.0 Å². The van der Waals surface area contributed by atoms with Gasteiger partial charge >= 0.3 is 0 Å². The van der Waals surface area contributed by atoms with Crippen molar-refractivity contribution in [3.63, 3.8) is 0 Å². The van der Waals surface area contributed by atoms with Crippen LogP contribution < -0.4 is 10.0 Å². The lowest BCUT2D eigenvalue weighted by Gasteiger charge is -2.22. The highest BCUT2D eigenvalue weighted by Gasteiger charge is 2.21. The molecule has 108 valence electrons. The highest BCUT2D eigenvalue weighted by atomic mass is 32.2. The Labute approximate surface area is 118 Å². The van der Waals surface area contributed by atoms with Gasteiger partial charge in [0.2, 0.25) is 10.0 Å². The Hall–Kier alpha value is -1.44. The lowest BCUT2D eigenvalue weighted by molar-refractivity contribution is 0.376. The fourth-order valence-electron chi connectivity index (χ4n) is 2.56. The number of aromatic amines is 1. The van der Waals surface area contributed by atoms with Gasteiger partial charge < -0.3 is 10.3 Å². The monoisotopic (exact) mass is 294 g/mol. The first kappa shape index (κ1) is 13.5. The Kier molecular flexibility index (Phi) is 3.73. The summed E-state index contributed by atoms with van der Waals surface area (Å²) in [6.45, 7) is 2.37. The maximum Gasteiger partial charge on any atom is 0.242 e. The largest absolute Gasteiger partial charge is 0.345 e. The minimum atomic E-state index is -3.49. The number of pyridine rings is 1. The third-order valence-corrected chi connectivity index (χ3v) is 5.13. The van der Waals surface area contributed by atoms with E-state index < -0.39 is 10.0 Å². The number of hydrogen-bond acceptors (Lipinski definition) is 4. The van der Waals surface area contributed by atoms with E-state index in [-0.39, 0.29) is 4.90 Å². The minimum Gasteiger partial charge on any atom is -0.345 e. The van der Waals surface area contributed by atoms with Crippen LogP contribution in [0.3, 0.4) is 0 Å². The number of piperidine rings is 1. The Bertz CT molecular complexity index is 689. The topological polar surface area (TPSA) is 86.9 Å². The maximum absolute atomic E-state index is 12.4. The summed E-state index contributed by atoms with van der Waals surface area (Å²) >= 11 is 0. The van der Waals surface area contributed by atoms with Crippen molar-refractivity contribution in [2.75, 3.05) is 19.6 Å². The molecule has 1 aliphatic rings. The molecule has 1 unspecified atom stereocenters. The van der Waals surface area contributed by atoms with E-state index in [2.05, 4.69) is 20.0 Å². The van der Waals surface area contributed by atoms with Gasteiger partial charge in [-0.3, -0.25) is 0 Å². The van der Waals surface area contributed by atoms with E-state index in [0.717, 1.165) is 25.9 Å². The summed E-state index contributed by atoms with van der Waals surface area (Å²) in [5.41, 5.74) is 0.590. The second kappa shape index (κ2) is 5.51. The van der Waals surface area contributed by atoms with E-state index in [4.69, 9.17) is 0 Å². The second-order valence-corrected chi connectivity index (χ2v) is 6.85. The van der Waals surface area contributed by atoms with E-state index in [9.17, 15) is 8.42 Å². The average Bonchev–Trinajstić information content (AvgIpc) is 2.91. The summed E-state index contributed by atoms with van der Waals surface area (Å²) in [5, 5.41) is 3.91. The molecule has 3 heterocycles. The van der Waals surface area contributed by atoms with Gasteiger partial charge in [-0.25, -0.2) is 18.1 Å². The lowest BCUT2D eigenvalue weighted by Crippen LogP contribution is -2.38. The average molecular weight is 294 g/mol. The molecule has 0 saturated carbocycles. The Balaban J connectivity index is 1.77. The lowest BCUT2D eigenvalue weighted by atomic mass is 10.0. The van der Waals surface area contributed by atoms with E-state index in [0.29, 0.717) is 23.5 Å². The first-order chi connectivity index (χ1) is 9.67. The smallest absolute Gasteiger partial charge is 0.242 e. The van der Waals surface area contributed by atoms with Gasteiger partial charge in [0, 0.05) is 24.3 Å². The molecule has 0 aromatic carbocycles. The van der Waals surface area contributed by atoms with Crippen LogP contribution in [0, 0.1) is 5.92 Å². The van der Waals surface area contributed by atoms with Gasteiger partial charge in [-0.2, -0.15) is 0 Å². The molecule has 6 nitrogen and oxygen atoms in total. The third kappa shape index (κ3) is 2.70. The van der Waals surface area contributed by atoms with Crippen LogP contribution in [0.2, 0.25) is 0 Å². The molecular formula is C13H18N4O2S. The van der Waals surface area contributed by atoms with Crippen molar-refractivity contribution in [2.45, 2.75) is 17.7 Å². The minimum absolute atomic E-state index is 0.268. The molecule has 2 aromatic rings. The molecule has 1 saturated heterocycles. The van der Waals surface area contributed by atoms with Crippen molar-refractivity contribution >= 4 is 21.1 Å². The quantitative estimate of drug-likeness (QED) is 0.780. The summed E-state index contributed by atoms with van der Waals surface area (Å²) in [7, 11) is -3.49. The molecule has 1 atom stereocenters. The number of nitrogens with zero attached hydrogens (tertiary/aromatic N) is 1. The molecule has 0 radical (unpaired) electrons. The fourth-order valence-corrected chi connectivity index (χ4v) is 3.84. The number of H-pyrrole nitrogens is 1. The molecule has 7 heteroatoms. The maximum atomic E-state index is 12.4. The standard InChI is InChI=1S/C13H18N4O2S/c18-20(19,17-8-10-3-1-5-14-7-10)12-9-16-13-11(12)4-2-6-15-13/h2,4,6,9-10,14,17H,1,3,5,7-8H2,(H,15,16). The summed E-state index contributed by atoms with van der Waals surface area (Å²) in [6, 6.07) is 3.50. The van der Waals surface area contributed by atoms with Crippen LogP contribution in [0.25, 0.3) is 11.0 Å². The van der Waals surface area contributed by atoms with Crippen LogP contribution in [0.15, 0.2) is 29.4 Å². The van der Waals surface area contributed by atoms with Gasteiger partial charge in [0.05, 0.1) is 0 Å². The van der Waals surface area contributed by atoms with Gasteiger partial charge in [0.25, 0.3) is 0 Å². The van der Waals surface area contributed by atoms with E-state index in [1.165, 1.54) is 6.20 Å². The van der Waals surface area contributed by atoms with Crippen molar-refractivity contribution in [3.05, 3.63) is 24.5 Å². The molecule has 3 N–H and O–H groups in total. The van der Waals surface area contributed by atoms with Crippen LogP contribution >= 0.6 is 0 Å². The number of nitrogens with one attached hydrogen (secondary N) is 3.